The summed E-state index contributed by atoms with van der Waals surface area (Å²) in [5.41, 5.74) is 16.0. The van der Waals surface area contributed by atoms with E-state index in [-0.39, 0.29) is 0 Å². The van der Waals surface area contributed by atoms with Crippen molar-refractivity contribution in [3.8, 4) is 5.69 Å². The van der Waals surface area contributed by atoms with Crippen LogP contribution in [-0.4, -0.2) is 15.1 Å². The van der Waals surface area contributed by atoms with Gasteiger partial charge in [0.15, 0.2) is 0 Å². The van der Waals surface area contributed by atoms with E-state index in [1.54, 1.807) is 0 Å². The van der Waals surface area contributed by atoms with Gasteiger partial charge in [-0.25, -0.2) is 4.98 Å². The van der Waals surface area contributed by atoms with Gasteiger partial charge in [-0.3, -0.25) is 9.47 Å². The highest BCUT2D eigenvalue weighted by Gasteiger charge is 2.33. The summed E-state index contributed by atoms with van der Waals surface area (Å²) in [6, 6.07) is 85.4. The van der Waals surface area contributed by atoms with Crippen LogP contribution in [0.25, 0.3) is 16.7 Å². The van der Waals surface area contributed by atoms with E-state index in [4.69, 9.17) is 4.98 Å². The minimum Gasteiger partial charge on any atom is -0.332 e. The molecule has 0 N–H and O–H groups in total. The van der Waals surface area contributed by atoms with Gasteiger partial charge >= 0.3 is 0 Å². The second kappa shape index (κ2) is 19.7. The molecule has 13 rings (SSSR count). The molecule has 3 aliphatic rings. The number of allylic oxidation sites excluding steroid dienone is 5. The Bertz CT molecular complexity index is 3860. The van der Waals surface area contributed by atoms with Crippen molar-refractivity contribution < 1.29 is 0 Å². The first kappa shape index (κ1) is 46.2. The van der Waals surface area contributed by atoms with E-state index < -0.39 is 5.54 Å². The van der Waals surface area contributed by atoms with Crippen molar-refractivity contribution in [2.24, 2.45) is 5.92 Å². The quantitative estimate of drug-likeness (QED) is 0.165. The molecule has 0 fully saturated rings. The average molecular weight is 984 g/mol. The fraction of sp³-hybridized carbons (Fsp3) is 0.0870. The van der Waals surface area contributed by atoms with Gasteiger partial charge in [0.05, 0.1) is 27.9 Å². The number of nitrogens with zero attached hydrogens (tertiary/aromatic N) is 7. The lowest BCUT2D eigenvalue weighted by molar-refractivity contribution is 0.570. The molecular weight excluding hydrogens is 927 g/mol. The molecule has 7 nitrogen and oxygen atoms in total. The fourth-order valence-corrected chi connectivity index (χ4v) is 11.2. The molecule has 7 heteroatoms. The zero-order chi connectivity index (χ0) is 51.0. The zero-order valence-electron chi connectivity index (χ0n) is 42.7. The Morgan fingerprint density at radius 1 is 0.421 bits per heavy atom. The predicted molar refractivity (Wildman–Crippen MR) is 318 cm³/mol. The summed E-state index contributed by atoms with van der Waals surface area (Å²) < 4.78 is 2.28. The van der Waals surface area contributed by atoms with Crippen LogP contribution in [0.5, 0.6) is 0 Å². The first-order valence-electron chi connectivity index (χ1n) is 26.3. The molecule has 0 saturated carbocycles. The minimum atomic E-state index is -0.391. The molecule has 10 bridgehead atoms. The lowest BCUT2D eigenvalue weighted by atomic mass is 9.90. The highest BCUT2D eigenvalue weighted by atomic mass is 15.3. The zero-order valence-corrected chi connectivity index (χ0v) is 42.7. The maximum absolute atomic E-state index is 5.54. The summed E-state index contributed by atoms with van der Waals surface area (Å²) in [6.45, 7) is 4.63. The standard InChI is InChI=1S/C69H57N7/c1-51-40-42-55(43-41-51)73-57-29-17-28-56(46-57)71(52-22-7-3-8-23-52)58-30-18-34-62(47-58)74(68-70-66-38-13-14-39-67(66)75(68)54-26-11-5-12-27-54)63-35-19-31-59(48-63)72(53-24-9-4-10-25-53)60-32-20-36-64(49-60)76(65-37-21-33-61(73)50-65)69(2)44-15-6-16-45-69/h3-40,42-44,46-51H,41,45H2,1-2H3. The Kier molecular flexibility index (Phi) is 12.0. The predicted octanol–water partition coefficient (Wildman–Crippen LogP) is 18.8. The van der Waals surface area contributed by atoms with Gasteiger partial charge in [0.2, 0.25) is 5.95 Å². The third kappa shape index (κ3) is 8.61. The summed E-state index contributed by atoms with van der Waals surface area (Å²) in [6.07, 6.45) is 17.8. The first-order valence-corrected chi connectivity index (χ1v) is 26.3. The molecular formula is C69H57N7. The molecule has 9 aromatic carbocycles. The molecule has 368 valence electrons. The van der Waals surface area contributed by atoms with Crippen molar-refractivity contribution in [3.63, 3.8) is 0 Å². The smallest absolute Gasteiger partial charge is 0.220 e. The van der Waals surface area contributed by atoms with E-state index in [0.29, 0.717) is 5.92 Å². The van der Waals surface area contributed by atoms with Crippen LogP contribution in [0, 0.1) is 5.92 Å². The lowest BCUT2D eigenvalue weighted by Gasteiger charge is -2.42. The van der Waals surface area contributed by atoms with Crippen LogP contribution < -0.4 is 24.5 Å². The summed E-state index contributed by atoms with van der Waals surface area (Å²) in [5.74, 6) is 1.22. The fourth-order valence-electron chi connectivity index (χ4n) is 11.2. The molecule has 2 aliphatic carbocycles. The van der Waals surface area contributed by atoms with Gasteiger partial charge in [0.25, 0.3) is 0 Å². The van der Waals surface area contributed by atoms with Crippen LogP contribution in [0.1, 0.15) is 26.7 Å². The van der Waals surface area contributed by atoms with Crippen LogP contribution in [-0.2, 0) is 0 Å². The molecule has 76 heavy (non-hydrogen) atoms. The van der Waals surface area contributed by atoms with E-state index in [9.17, 15) is 0 Å². The Morgan fingerprint density at radius 2 is 0.842 bits per heavy atom. The van der Waals surface area contributed by atoms with Crippen LogP contribution >= 0.6 is 0 Å². The van der Waals surface area contributed by atoms with Gasteiger partial charge in [-0.15, -0.1) is 0 Å². The summed E-state index contributed by atoms with van der Waals surface area (Å²) in [7, 11) is 0. The topological polar surface area (TPSA) is 34.0 Å². The Balaban J connectivity index is 1.11. The van der Waals surface area contributed by atoms with E-state index in [0.717, 1.165) is 109 Å². The van der Waals surface area contributed by atoms with Crippen LogP contribution in [0.3, 0.4) is 0 Å². The van der Waals surface area contributed by atoms with Crippen LogP contribution in [0.2, 0.25) is 0 Å². The average Bonchev–Trinajstić information content (AvgIpc) is 3.88. The van der Waals surface area contributed by atoms with Crippen molar-refractivity contribution >= 4 is 85.2 Å². The van der Waals surface area contributed by atoms with Crippen molar-refractivity contribution in [1.82, 2.24) is 9.55 Å². The summed E-state index contributed by atoms with van der Waals surface area (Å²) in [4.78, 5) is 17.6. The van der Waals surface area contributed by atoms with E-state index >= 15 is 0 Å². The Hall–Kier alpha value is -9.59. The molecule has 0 saturated heterocycles. The van der Waals surface area contributed by atoms with Crippen molar-refractivity contribution in [2.75, 3.05) is 24.5 Å². The van der Waals surface area contributed by atoms with Crippen molar-refractivity contribution in [2.45, 2.75) is 32.2 Å². The Labute approximate surface area is 445 Å². The number of para-hydroxylation sites is 5. The number of rotatable bonds is 6. The molecule has 0 radical (unpaired) electrons. The highest BCUT2D eigenvalue weighted by Crippen LogP contribution is 2.48. The van der Waals surface area contributed by atoms with Crippen LogP contribution in [0.4, 0.5) is 74.2 Å². The van der Waals surface area contributed by atoms with E-state index in [1.165, 1.54) is 0 Å². The lowest BCUT2D eigenvalue weighted by Crippen LogP contribution is -2.42. The molecule has 0 spiro atoms. The number of anilines is 13. The highest BCUT2D eigenvalue weighted by molar-refractivity contribution is 5.90. The largest absolute Gasteiger partial charge is 0.332 e. The van der Waals surface area contributed by atoms with Gasteiger partial charge in [-0.05, 0) is 171 Å². The van der Waals surface area contributed by atoms with Crippen molar-refractivity contribution in [1.29, 1.82) is 0 Å². The normalized spacial score (nSPS) is 17.2. The second-order valence-electron chi connectivity index (χ2n) is 20.1. The summed E-state index contributed by atoms with van der Waals surface area (Å²) in [5, 5.41) is 0. The number of imidazole rings is 1. The molecule has 2 unspecified atom stereocenters. The number of hydrogen-bond acceptors (Lipinski definition) is 6. The van der Waals surface area contributed by atoms with Crippen molar-refractivity contribution in [3.05, 3.63) is 285 Å². The van der Waals surface area contributed by atoms with Gasteiger partial charge in [-0.2, -0.15) is 0 Å². The van der Waals surface area contributed by atoms with Gasteiger partial charge in [0, 0.05) is 68.3 Å². The molecule has 0 amide bonds. The van der Waals surface area contributed by atoms with E-state index in [1.807, 2.05) is 0 Å². The number of aromatic nitrogens is 2. The van der Waals surface area contributed by atoms with Gasteiger partial charge < -0.3 is 19.6 Å². The van der Waals surface area contributed by atoms with Crippen LogP contribution in [0.15, 0.2) is 285 Å². The number of hydrogen-bond donors (Lipinski definition) is 0. The molecule has 1 aromatic heterocycles. The molecule has 10 aromatic rings. The maximum Gasteiger partial charge on any atom is 0.220 e. The van der Waals surface area contributed by atoms with E-state index in [2.05, 4.69) is 322 Å². The third-order valence-electron chi connectivity index (χ3n) is 14.8. The van der Waals surface area contributed by atoms with Gasteiger partial charge in [0.1, 0.15) is 0 Å². The third-order valence-corrected chi connectivity index (χ3v) is 14.8. The first-order chi connectivity index (χ1) is 37.5. The summed E-state index contributed by atoms with van der Waals surface area (Å²) >= 11 is 0. The minimum absolute atomic E-state index is 0.391. The second-order valence-corrected chi connectivity index (χ2v) is 20.1. The van der Waals surface area contributed by atoms with Gasteiger partial charge in [-0.1, -0.05) is 140 Å². The Morgan fingerprint density at radius 3 is 1.32 bits per heavy atom. The molecule has 1 aliphatic heterocycles. The molecule has 2 heterocycles. The number of benzene rings is 9. The molecule has 2 atom stereocenters. The number of fused-ring (bicyclic) bond motifs is 11. The monoisotopic (exact) mass is 983 g/mol. The maximum atomic E-state index is 5.54. The SMILES string of the molecule is CC1C=CC(N2c3cccc(c3)N(c3ccccc3)c3cccc(c3)N(c3nc4ccccc4n3-c3ccccc3)c3cccc(c3)N(c3ccccc3)c3cccc(c3)N(C3(C)C=CC=CC3)c3cccc2c3)=CC1.